The highest BCUT2D eigenvalue weighted by Crippen LogP contribution is 2.40. The molecule has 8 heteroatoms. The first-order chi connectivity index (χ1) is 11.8. The molecule has 0 atom stereocenters. The predicted molar refractivity (Wildman–Crippen MR) is 92.1 cm³/mol. The number of alkyl halides is 3. The van der Waals surface area contributed by atoms with E-state index in [-0.39, 0.29) is 22.3 Å². The molecule has 0 fully saturated rings. The van der Waals surface area contributed by atoms with Crippen molar-refractivity contribution in [2.24, 2.45) is 0 Å². The zero-order valence-electron chi connectivity index (χ0n) is 13.5. The van der Waals surface area contributed by atoms with Crippen LogP contribution < -0.4 is 5.73 Å². The second-order valence-corrected chi connectivity index (χ2v) is 6.78. The van der Waals surface area contributed by atoms with Crippen LogP contribution in [0.5, 0.6) is 0 Å². The maximum absolute atomic E-state index is 13.5. The van der Waals surface area contributed by atoms with Gasteiger partial charge in [-0.05, 0) is 29.7 Å². The van der Waals surface area contributed by atoms with Gasteiger partial charge in [0.2, 0.25) is 0 Å². The van der Waals surface area contributed by atoms with Gasteiger partial charge in [-0.3, -0.25) is 9.97 Å². The minimum absolute atomic E-state index is 0.160. The van der Waals surface area contributed by atoms with Crippen molar-refractivity contribution in [3.8, 4) is 22.0 Å². The summed E-state index contributed by atoms with van der Waals surface area (Å²) in [4.78, 5) is 13.1. The number of nitrogen functional groups attached to an aromatic ring is 1. The molecule has 3 aromatic rings. The van der Waals surface area contributed by atoms with Crippen LogP contribution in [0.15, 0.2) is 36.7 Å². The molecular weight excluding hydrogens is 349 g/mol. The standard InChI is InChI=1S/C17H15F3N4S/c1-9(2)10-8-23-13(7-11(10)17(18,19)20)15-14(24-16(21)25-15)12-5-3-4-6-22-12/h3-9H,1-2H3,(H2,21,24). The second-order valence-electron chi connectivity index (χ2n) is 5.75. The Morgan fingerprint density at radius 1 is 1.12 bits per heavy atom. The summed E-state index contributed by atoms with van der Waals surface area (Å²) >= 11 is 1.09. The molecule has 3 rings (SSSR count). The summed E-state index contributed by atoms with van der Waals surface area (Å²) < 4.78 is 40.4. The van der Waals surface area contributed by atoms with Crippen molar-refractivity contribution in [1.29, 1.82) is 0 Å². The molecule has 3 aromatic heterocycles. The molecule has 0 amide bonds. The van der Waals surface area contributed by atoms with Crippen LogP contribution in [0.25, 0.3) is 22.0 Å². The van der Waals surface area contributed by atoms with Crippen molar-refractivity contribution in [1.82, 2.24) is 15.0 Å². The fraction of sp³-hybridized carbons (Fsp3) is 0.235. The summed E-state index contributed by atoms with van der Waals surface area (Å²) in [5, 5.41) is 0.249. The van der Waals surface area contributed by atoms with E-state index in [1.807, 2.05) is 0 Å². The number of nitrogens with zero attached hydrogens (tertiary/aromatic N) is 3. The summed E-state index contributed by atoms with van der Waals surface area (Å²) in [6, 6.07) is 6.31. The van der Waals surface area contributed by atoms with E-state index in [4.69, 9.17) is 5.73 Å². The number of halogens is 3. The van der Waals surface area contributed by atoms with Gasteiger partial charge in [0.1, 0.15) is 5.69 Å². The third-order valence-electron chi connectivity index (χ3n) is 3.65. The summed E-state index contributed by atoms with van der Waals surface area (Å²) in [6.45, 7) is 3.41. The zero-order valence-corrected chi connectivity index (χ0v) is 14.3. The molecule has 2 N–H and O–H groups in total. The van der Waals surface area contributed by atoms with Gasteiger partial charge < -0.3 is 5.73 Å². The summed E-state index contributed by atoms with van der Waals surface area (Å²) in [5.41, 5.74) is 6.41. The summed E-state index contributed by atoms with van der Waals surface area (Å²) in [7, 11) is 0. The number of anilines is 1. The maximum Gasteiger partial charge on any atom is 0.416 e. The predicted octanol–water partition coefficient (Wildman–Crippen LogP) is 4.99. The van der Waals surface area contributed by atoms with Crippen LogP contribution in [0.1, 0.15) is 30.9 Å². The van der Waals surface area contributed by atoms with E-state index in [0.29, 0.717) is 16.3 Å². The highest BCUT2D eigenvalue weighted by molar-refractivity contribution is 7.19. The van der Waals surface area contributed by atoms with Crippen LogP contribution in [0.2, 0.25) is 0 Å². The summed E-state index contributed by atoms with van der Waals surface area (Å²) in [6.07, 6.45) is -1.59. The Balaban J connectivity index is 2.19. The number of pyridine rings is 2. The lowest BCUT2D eigenvalue weighted by Crippen LogP contribution is -2.11. The molecule has 0 spiro atoms. The van der Waals surface area contributed by atoms with Gasteiger partial charge in [0.05, 0.1) is 21.8 Å². The van der Waals surface area contributed by atoms with Crippen molar-refractivity contribution < 1.29 is 13.2 Å². The van der Waals surface area contributed by atoms with Crippen molar-refractivity contribution in [2.45, 2.75) is 25.9 Å². The second kappa shape index (κ2) is 6.44. The van der Waals surface area contributed by atoms with E-state index < -0.39 is 11.7 Å². The zero-order chi connectivity index (χ0) is 18.2. The molecule has 4 nitrogen and oxygen atoms in total. The van der Waals surface area contributed by atoms with Gasteiger partial charge >= 0.3 is 6.18 Å². The van der Waals surface area contributed by atoms with Gasteiger partial charge in [-0.25, -0.2) is 4.98 Å². The Labute approximate surface area is 146 Å². The van der Waals surface area contributed by atoms with Crippen molar-refractivity contribution in [3.63, 3.8) is 0 Å². The maximum atomic E-state index is 13.5. The molecule has 25 heavy (non-hydrogen) atoms. The van der Waals surface area contributed by atoms with E-state index in [0.717, 1.165) is 17.4 Å². The molecule has 130 valence electrons. The lowest BCUT2D eigenvalue weighted by atomic mass is 9.98. The van der Waals surface area contributed by atoms with Gasteiger partial charge in [0, 0.05) is 12.4 Å². The Bertz CT molecular complexity index is 889. The van der Waals surface area contributed by atoms with E-state index in [1.54, 1.807) is 38.2 Å². The average molecular weight is 364 g/mol. The largest absolute Gasteiger partial charge is 0.416 e. The van der Waals surface area contributed by atoms with Gasteiger partial charge in [-0.2, -0.15) is 13.2 Å². The van der Waals surface area contributed by atoms with E-state index >= 15 is 0 Å². The van der Waals surface area contributed by atoms with Gasteiger partial charge in [0.25, 0.3) is 0 Å². The normalized spacial score (nSPS) is 11.9. The van der Waals surface area contributed by atoms with Gasteiger partial charge in [-0.1, -0.05) is 31.3 Å². The molecule has 0 saturated carbocycles. The Morgan fingerprint density at radius 3 is 2.48 bits per heavy atom. The quantitative estimate of drug-likeness (QED) is 0.711. The highest BCUT2D eigenvalue weighted by Gasteiger charge is 2.35. The third-order valence-corrected chi connectivity index (χ3v) is 4.55. The number of aromatic nitrogens is 3. The highest BCUT2D eigenvalue weighted by atomic mass is 32.1. The van der Waals surface area contributed by atoms with Crippen LogP contribution in [0.4, 0.5) is 18.3 Å². The van der Waals surface area contributed by atoms with E-state index in [9.17, 15) is 13.2 Å². The van der Waals surface area contributed by atoms with Crippen molar-refractivity contribution >= 4 is 16.5 Å². The molecule has 0 aliphatic rings. The first kappa shape index (κ1) is 17.3. The topological polar surface area (TPSA) is 64.7 Å². The lowest BCUT2D eigenvalue weighted by Gasteiger charge is -2.16. The first-order valence-corrected chi connectivity index (χ1v) is 8.34. The SMILES string of the molecule is CC(C)c1cnc(-c2sc(N)nc2-c2ccccn2)cc1C(F)(F)F. The molecule has 0 unspecified atom stereocenters. The number of rotatable bonds is 3. The van der Waals surface area contributed by atoms with Crippen LogP contribution in [-0.2, 0) is 6.18 Å². The number of hydrogen-bond acceptors (Lipinski definition) is 5. The van der Waals surface area contributed by atoms with Crippen molar-refractivity contribution in [2.75, 3.05) is 5.73 Å². The number of hydrogen-bond donors (Lipinski definition) is 1. The minimum atomic E-state index is -4.46. The summed E-state index contributed by atoms with van der Waals surface area (Å²) in [5.74, 6) is -0.292. The minimum Gasteiger partial charge on any atom is -0.375 e. The molecule has 0 aromatic carbocycles. The monoisotopic (exact) mass is 364 g/mol. The Hall–Kier alpha value is -2.48. The van der Waals surface area contributed by atoms with Crippen LogP contribution in [-0.4, -0.2) is 15.0 Å². The van der Waals surface area contributed by atoms with Gasteiger partial charge in [0.15, 0.2) is 5.13 Å². The average Bonchev–Trinajstić information content (AvgIpc) is 2.96. The van der Waals surface area contributed by atoms with E-state index in [2.05, 4.69) is 15.0 Å². The first-order valence-electron chi connectivity index (χ1n) is 7.52. The Kier molecular flexibility index (Phi) is 4.47. The fourth-order valence-corrected chi connectivity index (χ4v) is 3.29. The van der Waals surface area contributed by atoms with Crippen molar-refractivity contribution in [3.05, 3.63) is 47.8 Å². The molecule has 0 saturated heterocycles. The molecule has 0 radical (unpaired) electrons. The molecule has 3 heterocycles. The van der Waals surface area contributed by atoms with E-state index in [1.165, 1.54) is 6.20 Å². The van der Waals surface area contributed by atoms with Crippen LogP contribution in [0, 0.1) is 0 Å². The fourth-order valence-electron chi connectivity index (χ4n) is 2.48. The molecule has 0 aliphatic heterocycles. The van der Waals surface area contributed by atoms with Crippen LogP contribution >= 0.6 is 11.3 Å². The smallest absolute Gasteiger partial charge is 0.375 e. The molecular formula is C17H15F3N4S. The number of nitrogens with two attached hydrogens (primary N) is 1. The van der Waals surface area contributed by atoms with Gasteiger partial charge in [-0.15, -0.1) is 0 Å². The number of thiazole rings is 1. The Morgan fingerprint density at radius 2 is 1.88 bits per heavy atom. The van der Waals surface area contributed by atoms with Crippen LogP contribution in [0.3, 0.4) is 0 Å². The third kappa shape index (κ3) is 3.48. The molecule has 0 aliphatic carbocycles. The lowest BCUT2D eigenvalue weighted by molar-refractivity contribution is -0.138. The molecule has 0 bridgehead atoms.